The molecular formula is C15H29N5. The first-order chi connectivity index (χ1) is 9.74. The maximum Gasteiger partial charge on any atom is 0.144 e. The van der Waals surface area contributed by atoms with E-state index in [1.807, 2.05) is 6.07 Å². The number of hydrogen-bond acceptors (Lipinski definition) is 5. The summed E-state index contributed by atoms with van der Waals surface area (Å²) in [6.07, 6.45) is 2.95. The molecule has 0 aliphatic heterocycles. The summed E-state index contributed by atoms with van der Waals surface area (Å²) in [4.78, 5) is 9.14. The smallest absolute Gasteiger partial charge is 0.144 e. The topological polar surface area (TPSA) is 57.4 Å². The molecule has 0 saturated heterocycles. The molecule has 0 amide bonds. The summed E-state index contributed by atoms with van der Waals surface area (Å²) in [6.45, 7) is 13.1. The van der Waals surface area contributed by atoms with E-state index < -0.39 is 0 Å². The molecule has 0 fully saturated rings. The van der Waals surface area contributed by atoms with Crippen molar-refractivity contribution in [2.45, 2.75) is 33.7 Å². The molecular weight excluding hydrogens is 250 g/mol. The summed E-state index contributed by atoms with van der Waals surface area (Å²) >= 11 is 0. The molecule has 0 aliphatic carbocycles. The zero-order valence-corrected chi connectivity index (χ0v) is 13.1. The van der Waals surface area contributed by atoms with Crippen LogP contribution in [0.25, 0.3) is 0 Å². The van der Waals surface area contributed by atoms with Crippen molar-refractivity contribution >= 4 is 5.82 Å². The molecule has 1 rings (SSSR count). The fourth-order valence-electron chi connectivity index (χ4n) is 2.34. The van der Waals surface area contributed by atoms with Crippen molar-refractivity contribution in [2.75, 3.05) is 38.1 Å². The molecule has 1 heterocycles. The van der Waals surface area contributed by atoms with Crippen LogP contribution in [0.4, 0.5) is 5.82 Å². The highest BCUT2D eigenvalue weighted by Gasteiger charge is 2.08. The van der Waals surface area contributed by atoms with Gasteiger partial charge in [0.15, 0.2) is 0 Å². The lowest BCUT2D eigenvalue weighted by Crippen LogP contribution is -2.30. The van der Waals surface area contributed by atoms with E-state index in [4.69, 9.17) is 5.84 Å². The molecule has 0 aliphatic rings. The van der Waals surface area contributed by atoms with E-state index in [0.29, 0.717) is 0 Å². The van der Waals surface area contributed by atoms with Gasteiger partial charge in [-0.05, 0) is 45.2 Å². The summed E-state index contributed by atoms with van der Waals surface area (Å²) in [7, 11) is 0. The van der Waals surface area contributed by atoms with Gasteiger partial charge in [0, 0.05) is 18.3 Å². The number of anilines is 1. The lowest BCUT2D eigenvalue weighted by atomic mass is 10.2. The quantitative estimate of drug-likeness (QED) is 0.506. The normalized spacial score (nSPS) is 11.3. The Hall–Kier alpha value is -1.17. The average Bonchev–Trinajstić information content (AvgIpc) is 2.50. The highest BCUT2D eigenvalue weighted by molar-refractivity contribution is 5.42. The van der Waals surface area contributed by atoms with Crippen LogP contribution in [0.1, 0.15) is 32.8 Å². The highest BCUT2D eigenvalue weighted by Crippen LogP contribution is 2.13. The molecule has 0 unspecified atom stereocenters. The van der Waals surface area contributed by atoms with E-state index in [2.05, 4.69) is 47.0 Å². The summed E-state index contributed by atoms with van der Waals surface area (Å²) in [5.41, 5.74) is 3.82. The van der Waals surface area contributed by atoms with Crippen LogP contribution in [-0.2, 0) is 6.54 Å². The number of aromatic nitrogens is 1. The molecule has 1 aromatic rings. The Morgan fingerprint density at radius 2 is 1.75 bits per heavy atom. The van der Waals surface area contributed by atoms with E-state index in [1.165, 1.54) is 13.0 Å². The third-order valence-corrected chi connectivity index (χ3v) is 3.71. The number of nitrogens with zero attached hydrogens (tertiary/aromatic N) is 3. The zero-order valence-electron chi connectivity index (χ0n) is 13.1. The third kappa shape index (κ3) is 5.45. The second-order valence-electron chi connectivity index (χ2n) is 4.90. The summed E-state index contributed by atoms with van der Waals surface area (Å²) < 4.78 is 0. The van der Waals surface area contributed by atoms with Crippen LogP contribution in [0.5, 0.6) is 0 Å². The van der Waals surface area contributed by atoms with Crippen LogP contribution in [0.2, 0.25) is 0 Å². The fraction of sp³-hybridized carbons (Fsp3) is 0.667. The largest absolute Gasteiger partial charge is 0.308 e. The van der Waals surface area contributed by atoms with Crippen LogP contribution in [-0.4, -0.2) is 47.5 Å². The molecule has 0 aromatic carbocycles. The number of nitrogens with one attached hydrogen (secondary N) is 1. The molecule has 0 bridgehead atoms. The van der Waals surface area contributed by atoms with Crippen LogP contribution < -0.4 is 11.3 Å². The van der Waals surface area contributed by atoms with Gasteiger partial charge in [0.25, 0.3) is 0 Å². The van der Waals surface area contributed by atoms with E-state index in [1.54, 1.807) is 6.20 Å². The van der Waals surface area contributed by atoms with E-state index in [0.717, 1.165) is 44.1 Å². The molecule has 3 N–H and O–H groups in total. The van der Waals surface area contributed by atoms with Crippen LogP contribution >= 0.6 is 0 Å². The van der Waals surface area contributed by atoms with Crippen molar-refractivity contribution in [1.82, 2.24) is 14.8 Å². The minimum atomic E-state index is 0.773. The van der Waals surface area contributed by atoms with Crippen LogP contribution in [0.3, 0.4) is 0 Å². The predicted molar refractivity (Wildman–Crippen MR) is 85.4 cm³/mol. The van der Waals surface area contributed by atoms with Gasteiger partial charge in [-0.2, -0.15) is 0 Å². The van der Waals surface area contributed by atoms with Gasteiger partial charge in [-0.15, -0.1) is 0 Å². The monoisotopic (exact) mass is 279 g/mol. The second-order valence-corrected chi connectivity index (χ2v) is 4.90. The Morgan fingerprint density at radius 1 is 1.10 bits per heavy atom. The molecule has 114 valence electrons. The van der Waals surface area contributed by atoms with Gasteiger partial charge in [-0.25, -0.2) is 10.8 Å². The molecule has 0 spiro atoms. The Morgan fingerprint density at radius 3 is 2.35 bits per heavy atom. The van der Waals surface area contributed by atoms with Crippen molar-refractivity contribution in [1.29, 1.82) is 0 Å². The molecule has 0 saturated carbocycles. The predicted octanol–water partition coefficient (Wildman–Crippen LogP) is 1.92. The first-order valence-electron chi connectivity index (χ1n) is 7.60. The molecule has 5 nitrogen and oxygen atoms in total. The number of nitrogen functional groups attached to an aromatic ring is 1. The highest BCUT2D eigenvalue weighted by atomic mass is 15.3. The lowest BCUT2D eigenvalue weighted by Gasteiger charge is -2.24. The van der Waals surface area contributed by atoms with Gasteiger partial charge < -0.3 is 10.3 Å². The standard InChI is InChI=1S/C15H29N5/c1-4-19(5-2)11-8-12-20(6-3)13-14-9-7-10-17-15(14)18-16/h7,9-10H,4-6,8,11-13,16H2,1-3H3,(H,17,18). The minimum Gasteiger partial charge on any atom is -0.308 e. The Balaban J connectivity index is 2.46. The van der Waals surface area contributed by atoms with Crippen molar-refractivity contribution in [3.8, 4) is 0 Å². The SMILES string of the molecule is CCN(CC)CCCN(CC)Cc1cccnc1NN. The zero-order chi connectivity index (χ0) is 14.8. The van der Waals surface area contributed by atoms with E-state index >= 15 is 0 Å². The minimum absolute atomic E-state index is 0.773. The first kappa shape index (κ1) is 16.9. The maximum atomic E-state index is 5.51. The maximum absolute atomic E-state index is 5.51. The van der Waals surface area contributed by atoms with Crippen molar-refractivity contribution < 1.29 is 0 Å². The number of nitrogens with two attached hydrogens (primary N) is 1. The fourth-order valence-corrected chi connectivity index (χ4v) is 2.34. The van der Waals surface area contributed by atoms with Gasteiger partial charge in [0.2, 0.25) is 0 Å². The Kier molecular flexibility index (Phi) is 8.18. The second kappa shape index (κ2) is 9.69. The van der Waals surface area contributed by atoms with Crippen molar-refractivity contribution in [3.63, 3.8) is 0 Å². The summed E-state index contributed by atoms with van der Waals surface area (Å²) in [6, 6.07) is 4.04. The van der Waals surface area contributed by atoms with Crippen LogP contribution in [0.15, 0.2) is 18.3 Å². The van der Waals surface area contributed by atoms with Gasteiger partial charge in [-0.1, -0.05) is 26.8 Å². The number of hydrogen-bond donors (Lipinski definition) is 2. The molecule has 0 atom stereocenters. The van der Waals surface area contributed by atoms with Gasteiger partial charge >= 0.3 is 0 Å². The molecule has 1 aromatic heterocycles. The summed E-state index contributed by atoms with van der Waals surface area (Å²) in [5, 5.41) is 0. The lowest BCUT2D eigenvalue weighted by molar-refractivity contribution is 0.238. The third-order valence-electron chi connectivity index (χ3n) is 3.71. The van der Waals surface area contributed by atoms with E-state index in [-0.39, 0.29) is 0 Å². The summed E-state index contributed by atoms with van der Waals surface area (Å²) in [5.74, 6) is 6.28. The van der Waals surface area contributed by atoms with E-state index in [9.17, 15) is 0 Å². The molecule has 5 heteroatoms. The Bertz CT molecular complexity index is 365. The number of rotatable bonds is 10. The van der Waals surface area contributed by atoms with Crippen LogP contribution in [0, 0.1) is 0 Å². The van der Waals surface area contributed by atoms with Gasteiger partial charge in [0.1, 0.15) is 5.82 Å². The first-order valence-corrected chi connectivity index (χ1v) is 7.60. The molecule has 20 heavy (non-hydrogen) atoms. The Labute approximate surface area is 123 Å². The molecule has 0 radical (unpaired) electrons. The average molecular weight is 279 g/mol. The van der Waals surface area contributed by atoms with Crippen molar-refractivity contribution in [2.24, 2.45) is 5.84 Å². The van der Waals surface area contributed by atoms with Crippen molar-refractivity contribution in [3.05, 3.63) is 23.9 Å². The number of hydrazine groups is 1. The van der Waals surface area contributed by atoms with Gasteiger partial charge in [-0.3, -0.25) is 4.90 Å². The van der Waals surface area contributed by atoms with Gasteiger partial charge in [0.05, 0.1) is 0 Å². The number of pyridine rings is 1.